The van der Waals surface area contributed by atoms with E-state index in [0.717, 1.165) is 25.7 Å². The van der Waals surface area contributed by atoms with Gasteiger partial charge in [0.2, 0.25) is 5.91 Å². The summed E-state index contributed by atoms with van der Waals surface area (Å²) in [4.78, 5) is 21.9. The van der Waals surface area contributed by atoms with Gasteiger partial charge in [0.25, 0.3) is 0 Å². The van der Waals surface area contributed by atoms with E-state index in [0.29, 0.717) is 11.8 Å². The maximum absolute atomic E-state index is 11.0. The second kappa shape index (κ2) is 3.83. The van der Waals surface area contributed by atoms with Crippen LogP contribution in [0.1, 0.15) is 32.6 Å². The van der Waals surface area contributed by atoms with E-state index in [-0.39, 0.29) is 17.9 Å². The number of aliphatic carboxylic acids is 1. The Hall–Kier alpha value is -1.06. The second-order valence-corrected chi connectivity index (χ2v) is 4.83. The zero-order valence-electron chi connectivity index (χ0n) is 8.90. The summed E-state index contributed by atoms with van der Waals surface area (Å²) in [6, 6.07) is 0.234. The number of carbonyl (C=O) groups is 2. The van der Waals surface area contributed by atoms with E-state index in [4.69, 9.17) is 5.11 Å². The van der Waals surface area contributed by atoms with E-state index in [9.17, 15) is 9.59 Å². The van der Waals surface area contributed by atoms with E-state index >= 15 is 0 Å². The van der Waals surface area contributed by atoms with E-state index in [1.54, 1.807) is 0 Å². The predicted molar refractivity (Wildman–Crippen MR) is 54.2 cm³/mol. The van der Waals surface area contributed by atoms with Gasteiger partial charge in [-0.25, -0.2) is 0 Å². The molecule has 2 unspecified atom stereocenters. The maximum atomic E-state index is 11.0. The van der Waals surface area contributed by atoms with Crippen molar-refractivity contribution in [1.29, 1.82) is 0 Å². The topological polar surface area (TPSA) is 66.4 Å². The SMILES string of the molecule is CC(=O)NC1C2CCC1CC(C(=O)O)C2. The molecule has 4 nitrogen and oxygen atoms in total. The highest BCUT2D eigenvalue weighted by molar-refractivity contribution is 5.73. The summed E-state index contributed by atoms with van der Waals surface area (Å²) < 4.78 is 0. The number of rotatable bonds is 2. The molecule has 0 heterocycles. The molecule has 0 spiro atoms. The summed E-state index contributed by atoms with van der Waals surface area (Å²) in [7, 11) is 0. The highest BCUT2D eigenvalue weighted by Crippen LogP contribution is 2.44. The third kappa shape index (κ3) is 1.98. The lowest BCUT2D eigenvalue weighted by Gasteiger charge is -2.33. The third-order valence-corrected chi connectivity index (χ3v) is 3.82. The minimum Gasteiger partial charge on any atom is -0.481 e. The van der Waals surface area contributed by atoms with Gasteiger partial charge in [-0.2, -0.15) is 0 Å². The molecular weight excluding hydrogens is 194 g/mol. The largest absolute Gasteiger partial charge is 0.481 e. The van der Waals surface area contributed by atoms with Crippen molar-refractivity contribution in [3.05, 3.63) is 0 Å². The molecule has 15 heavy (non-hydrogen) atoms. The number of carbonyl (C=O) groups excluding carboxylic acids is 1. The molecular formula is C11H17NO3. The van der Waals surface area contributed by atoms with Crippen molar-refractivity contribution in [2.75, 3.05) is 0 Å². The first kappa shape index (κ1) is 10.5. The van der Waals surface area contributed by atoms with Gasteiger partial charge in [-0.15, -0.1) is 0 Å². The number of nitrogens with one attached hydrogen (secondary N) is 1. The lowest BCUT2D eigenvalue weighted by molar-refractivity contribution is -0.143. The monoisotopic (exact) mass is 211 g/mol. The van der Waals surface area contributed by atoms with Crippen LogP contribution in [0.15, 0.2) is 0 Å². The van der Waals surface area contributed by atoms with Crippen molar-refractivity contribution in [1.82, 2.24) is 5.32 Å². The molecule has 2 rings (SSSR count). The normalized spacial score (nSPS) is 38.7. The van der Waals surface area contributed by atoms with Crippen molar-refractivity contribution in [3.8, 4) is 0 Å². The zero-order valence-corrected chi connectivity index (χ0v) is 8.90. The van der Waals surface area contributed by atoms with Crippen molar-refractivity contribution in [2.24, 2.45) is 17.8 Å². The van der Waals surface area contributed by atoms with E-state index in [1.165, 1.54) is 6.92 Å². The molecule has 0 radical (unpaired) electrons. The lowest BCUT2D eigenvalue weighted by Crippen LogP contribution is -2.45. The first-order valence-electron chi connectivity index (χ1n) is 5.58. The number of fused-ring (bicyclic) bond motifs is 2. The molecule has 2 fully saturated rings. The smallest absolute Gasteiger partial charge is 0.306 e. The van der Waals surface area contributed by atoms with E-state index in [1.807, 2.05) is 0 Å². The highest BCUT2D eigenvalue weighted by atomic mass is 16.4. The fourth-order valence-electron chi connectivity index (χ4n) is 3.20. The summed E-state index contributed by atoms with van der Waals surface area (Å²) in [5.41, 5.74) is 0. The average Bonchev–Trinajstić information content (AvgIpc) is 2.40. The minimum absolute atomic E-state index is 0.00525. The molecule has 2 bridgehead atoms. The summed E-state index contributed by atoms with van der Waals surface area (Å²) in [5, 5.41) is 12.0. The van der Waals surface area contributed by atoms with Crippen molar-refractivity contribution in [2.45, 2.75) is 38.6 Å². The van der Waals surface area contributed by atoms with Crippen molar-refractivity contribution < 1.29 is 14.7 Å². The van der Waals surface area contributed by atoms with Gasteiger partial charge in [0.05, 0.1) is 5.92 Å². The summed E-state index contributed by atoms with van der Waals surface area (Å²) in [6.07, 6.45) is 3.60. The maximum Gasteiger partial charge on any atom is 0.306 e. The van der Waals surface area contributed by atoms with E-state index < -0.39 is 5.97 Å². The average molecular weight is 211 g/mol. The Kier molecular flexibility index (Phi) is 2.67. The fourth-order valence-corrected chi connectivity index (χ4v) is 3.20. The number of hydrogen-bond acceptors (Lipinski definition) is 2. The Balaban J connectivity index is 2.03. The number of carboxylic acids is 1. The molecule has 2 aliphatic carbocycles. The van der Waals surface area contributed by atoms with E-state index in [2.05, 4.69) is 5.32 Å². The lowest BCUT2D eigenvalue weighted by atomic mass is 9.77. The zero-order chi connectivity index (χ0) is 11.0. The second-order valence-electron chi connectivity index (χ2n) is 4.83. The van der Waals surface area contributed by atoms with Gasteiger partial charge in [-0.3, -0.25) is 9.59 Å². The quantitative estimate of drug-likeness (QED) is 0.716. The van der Waals surface area contributed by atoms with Crippen LogP contribution in [0, 0.1) is 17.8 Å². The summed E-state index contributed by atoms with van der Waals surface area (Å²) >= 11 is 0. The highest BCUT2D eigenvalue weighted by Gasteiger charge is 2.44. The first-order valence-corrected chi connectivity index (χ1v) is 5.58. The molecule has 4 heteroatoms. The molecule has 2 N–H and O–H groups in total. The molecule has 2 aliphatic rings. The Morgan fingerprint density at radius 1 is 1.20 bits per heavy atom. The molecule has 0 aromatic rings. The van der Waals surface area contributed by atoms with Crippen molar-refractivity contribution in [3.63, 3.8) is 0 Å². The molecule has 2 saturated carbocycles. The predicted octanol–water partition coefficient (Wildman–Crippen LogP) is 1.01. The van der Waals surface area contributed by atoms with Gasteiger partial charge >= 0.3 is 5.97 Å². The van der Waals surface area contributed by atoms with Gasteiger partial charge < -0.3 is 10.4 Å². The molecule has 1 amide bonds. The number of carboxylic acid groups (broad SMARTS) is 1. The fraction of sp³-hybridized carbons (Fsp3) is 0.818. The number of hydrogen-bond donors (Lipinski definition) is 2. The van der Waals surface area contributed by atoms with Gasteiger partial charge in [0.1, 0.15) is 0 Å². The van der Waals surface area contributed by atoms with Gasteiger partial charge in [0.15, 0.2) is 0 Å². The van der Waals surface area contributed by atoms with Crippen molar-refractivity contribution >= 4 is 11.9 Å². The molecule has 84 valence electrons. The van der Waals surface area contributed by atoms with Gasteiger partial charge in [-0.05, 0) is 37.5 Å². The Bertz CT molecular complexity index is 276. The molecule has 0 aliphatic heterocycles. The minimum atomic E-state index is -0.673. The summed E-state index contributed by atoms with van der Waals surface area (Å²) in [5.74, 6) is -0.0890. The third-order valence-electron chi connectivity index (χ3n) is 3.82. The molecule has 0 aromatic carbocycles. The van der Waals surface area contributed by atoms with Crippen LogP contribution in [0.25, 0.3) is 0 Å². The van der Waals surface area contributed by atoms with Crippen LogP contribution in [0.3, 0.4) is 0 Å². The van der Waals surface area contributed by atoms with Crippen LogP contribution >= 0.6 is 0 Å². The van der Waals surface area contributed by atoms with Crippen LogP contribution in [0.5, 0.6) is 0 Å². The molecule has 2 atom stereocenters. The number of amides is 1. The molecule has 0 saturated heterocycles. The van der Waals surface area contributed by atoms with Crippen LogP contribution < -0.4 is 5.32 Å². The van der Waals surface area contributed by atoms with Gasteiger partial charge in [0, 0.05) is 13.0 Å². The standard InChI is InChI=1S/C11H17NO3/c1-6(13)12-10-7-2-3-8(10)5-9(4-7)11(14)15/h7-10H,2-5H2,1H3,(H,12,13)(H,14,15). The van der Waals surface area contributed by atoms with Crippen LogP contribution in [-0.4, -0.2) is 23.0 Å². The van der Waals surface area contributed by atoms with Crippen LogP contribution in [0.4, 0.5) is 0 Å². The molecule has 0 aromatic heterocycles. The summed E-state index contributed by atoms with van der Waals surface area (Å²) in [6.45, 7) is 1.53. The first-order chi connectivity index (χ1) is 7.08. The van der Waals surface area contributed by atoms with Gasteiger partial charge in [-0.1, -0.05) is 0 Å². The van der Waals surface area contributed by atoms with Crippen LogP contribution in [0.2, 0.25) is 0 Å². The Labute approximate surface area is 89.0 Å². The Morgan fingerprint density at radius 2 is 1.73 bits per heavy atom. The Morgan fingerprint density at radius 3 is 2.13 bits per heavy atom. The van der Waals surface area contributed by atoms with Crippen LogP contribution in [-0.2, 0) is 9.59 Å².